The quantitative estimate of drug-likeness (QED) is 0.241. The molecule has 0 aliphatic carbocycles. The van der Waals surface area contributed by atoms with Gasteiger partial charge in [-0.1, -0.05) is 127 Å². The molecule has 36 heavy (non-hydrogen) atoms. The Morgan fingerprint density at radius 1 is 0.361 bits per heavy atom. The highest BCUT2D eigenvalue weighted by atomic mass is 14.7. The third kappa shape index (κ3) is 3.21. The van der Waals surface area contributed by atoms with Crippen LogP contribution in [0.5, 0.6) is 0 Å². The highest BCUT2D eigenvalue weighted by molar-refractivity contribution is 6.23. The highest BCUT2D eigenvalue weighted by Crippen LogP contribution is 2.46. The molecular weight excluding hydrogens is 434 g/mol. The summed E-state index contributed by atoms with van der Waals surface area (Å²) in [4.78, 5) is 4.94. The summed E-state index contributed by atoms with van der Waals surface area (Å²) < 4.78 is 0. The van der Waals surface area contributed by atoms with Crippen molar-refractivity contribution < 1.29 is 0 Å². The lowest BCUT2D eigenvalue weighted by Crippen LogP contribution is -1.94. The molecule has 168 valence electrons. The molecule has 1 nitrogen and oxygen atoms in total. The first kappa shape index (κ1) is 20.6. The molecule has 6 aromatic carbocycles. The Balaban J connectivity index is 1.65. The number of fused-ring (bicyclic) bond motifs is 3. The molecule has 0 saturated heterocycles. The summed E-state index contributed by atoms with van der Waals surface area (Å²) in [5.41, 5.74) is 7.20. The number of rotatable bonds is 3. The van der Waals surface area contributed by atoms with E-state index in [4.69, 9.17) is 4.98 Å². The van der Waals surface area contributed by atoms with Gasteiger partial charge in [0, 0.05) is 17.1 Å². The first-order valence-corrected chi connectivity index (χ1v) is 12.3. The summed E-state index contributed by atoms with van der Waals surface area (Å²) in [6.07, 6.45) is 1.93. The maximum atomic E-state index is 4.94. The third-order valence-corrected chi connectivity index (χ3v) is 7.12. The van der Waals surface area contributed by atoms with Gasteiger partial charge in [-0.05, 0) is 55.3 Å². The van der Waals surface area contributed by atoms with Crippen molar-refractivity contribution in [2.45, 2.75) is 0 Å². The van der Waals surface area contributed by atoms with Gasteiger partial charge in [0.1, 0.15) is 0 Å². The lowest BCUT2D eigenvalue weighted by Gasteiger charge is -2.19. The van der Waals surface area contributed by atoms with Crippen molar-refractivity contribution >= 4 is 32.3 Å². The van der Waals surface area contributed by atoms with E-state index < -0.39 is 0 Å². The fourth-order valence-electron chi connectivity index (χ4n) is 5.56. The molecule has 0 amide bonds. The van der Waals surface area contributed by atoms with Crippen LogP contribution in [0.1, 0.15) is 0 Å². The van der Waals surface area contributed by atoms with Crippen molar-refractivity contribution in [1.82, 2.24) is 4.98 Å². The van der Waals surface area contributed by atoms with E-state index in [1.165, 1.54) is 60.1 Å². The van der Waals surface area contributed by atoms with Crippen molar-refractivity contribution in [3.63, 3.8) is 0 Å². The summed E-state index contributed by atoms with van der Waals surface area (Å²) in [7, 11) is 0. The molecule has 0 fully saturated rings. The van der Waals surface area contributed by atoms with Gasteiger partial charge in [-0.2, -0.15) is 0 Å². The number of hydrogen-bond donors (Lipinski definition) is 0. The molecule has 0 bridgehead atoms. The molecule has 0 aliphatic heterocycles. The fraction of sp³-hybridized carbons (Fsp3) is 0. The first-order valence-electron chi connectivity index (χ1n) is 12.3. The molecule has 1 aromatic heterocycles. The van der Waals surface area contributed by atoms with E-state index in [1.807, 2.05) is 6.20 Å². The van der Waals surface area contributed by atoms with Gasteiger partial charge >= 0.3 is 0 Å². The molecule has 7 rings (SSSR count). The van der Waals surface area contributed by atoms with E-state index in [9.17, 15) is 0 Å². The van der Waals surface area contributed by atoms with Crippen LogP contribution in [0.15, 0.2) is 140 Å². The second kappa shape index (κ2) is 8.48. The van der Waals surface area contributed by atoms with Crippen LogP contribution in [0.2, 0.25) is 0 Å². The second-order valence-electron chi connectivity index (χ2n) is 9.13. The fourth-order valence-corrected chi connectivity index (χ4v) is 5.56. The Hall–Kier alpha value is -4.75. The number of benzene rings is 6. The van der Waals surface area contributed by atoms with E-state index in [-0.39, 0.29) is 0 Å². The van der Waals surface area contributed by atoms with E-state index in [1.54, 1.807) is 0 Å². The number of hydrogen-bond acceptors (Lipinski definition) is 1. The number of pyridine rings is 1. The summed E-state index contributed by atoms with van der Waals surface area (Å²) in [6.45, 7) is 0. The van der Waals surface area contributed by atoms with Crippen LogP contribution in [-0.4, -0.2) is 4.98 Å². The SMILES string of the molecule is c1ccc(-c2ccccc2-c2c3ccccc3c(-c3nccc4ccccc34)c3ccccc23)cc1. The van der Waals surface area contributed by atoms with Crippen molar-refractivity contribution in [3.8, 4) is 33.5 Å². The van der Waals surface area contributed by atoms with Crippen molar-refractivity contribution in [2.24, 2.45) is 0 Å². The maximum Gasteiger partial charge on any atom is 0.0792 e. The van der Waals surface area contributed by atoms with Gasteiger partial charge in [0.2, 0.25) is 0 Å². The highest BCUT2D eigenvalue weighted by Gasteiger charge is 2.20. The first-order chi connectivity index (χ1) is 17.9. The Labute approximate surface area is 210 Å². The number of nitrogens with zero attached hydrogens (tertiary/aromatic N) is 1. The lowest BCUT2D eigenvalue weighted by atomic mass is 9.84. The lowest BCUT2D eigenvalue weighted by molar-refractivity contribution is 1.37. The van der Waals surface area contributed by atoms with Crippen molar-refractivity contribution in [3.05, 3.63) is 140 Å². The third-order valence-electron chi connectivity index (χ3n) is 7.12. The predicted octanol–water partition coefficient (Wildman–Crippen LogP) is 9.54. The molecule has 0 atom stereocenters. The van der Waals surface area contributed by atoms with Crippen LogP contribution in [-0.2, 0) is 0 Å². The second-order valence-corrected chi connectivity index (χ2v) is 9.13. The summed E-state index contributed by atoms with van der Waals surface area (Å²) in [5, 5.41) is 7.30. The average molecular weight is 458 g/mol. The molecule has 0 spiro atoms. The van der Waals surface area contributed by atoms with Crippen LogP contribution >= 0.6 is 0 Å². The van der Waals surface area contributed by atoms with Gasteiger partial charge in [0.25, 0.3) is 0 Å². The van der Waals surface area contributed by atoms with Gasteiger partial charge in [0.05, 0.1) is 5.69 Å². The average Bonchev–Trinajstić information content (AvgIpc) is 2.96. The molecule has 0 radical (unpaired) electrons. The summed E-state index contributed by atoms with van der Waals surface area (Å²) in [6, 6.07) is 47.6. The topological polar surface area (TPSA) is 12.9 Å². The molecule has 0 N–H and O–H groups in total. The largest absolute Gasteiger partial charge is 0.256 e. The van der Waals surface area contributed by atoms with Gasteiger partial charge in [-0.25, -0.2) is 0 Å². The van der Waals surface area contributed by atoms with Crippen molar-refractivity contribution in [2.75, 3.05) is 0 Å². The van der Waals surface area contributed by atoms with Gasteiger partial charge < -0.3 is 0 Å². The standard InChI is InChI=1S/C35H23N/c1-2-12-24(13-3-1)26-15-6-7-17-28(26)33-29-18-8-10-20-31(29)34(32-21-11-9-19-30(32)33)35-27-16-5-4-14-25(27)22-23-36-35/h1-23H. The normalized spacial score (nSPS) is 11.3. The summed E-state index contributed by atoms with van der Waals surface area (Å²) >= 11 is 0. The Morgan fingerprint density at radius 2 is 0.861 bits per heavy atom. The zero-order valence-electron chi connectivity index (χ0n) is 19.7. The molecule has 0 unspecified atom stereocenters. The van der Waals surface area contributed by atoms with Crippen LogP contribution in [0, 0.1) is 0 Å². The molecular formula is C35H23N. The molecule has 1 heteroatoms. The van der Waals surface area contributed by atoms with Crippen LogP contribution in [0.3, 0.4) is 0 Å². The monoisotopic (exact) mass is 457 g/mol. The van der Waals surface area contributed by atoms with Crippen molar-refractivity contribution in [1.29, 1.82) is 0 Å². The van der Waals surface area contributed by atoms with E-state index in [0.717, 1.165) is 5.69 Å². The van der Waals surface area contributed by atoms with Gasteiger partial charge in [-0.3, -0.25) is 4.98 Å². The molecule has 0 saturated carbocycles. The van der Waals surface area contributed by atoms with Crippen LogP contribution in [0.25, 0.3) is 65.8 Å². The van der Waals surface area contributed by atoms with E-state index in [2.05, 4.69) is 133 Å². The minimum Gasteiger partial charge on any atom is -0.256 e. The number of aromatic nitrogens is 1. The molecule has 7 aromatic rings. The van der Waals surface area contributed by atoms with E-state index in [0.29, 0.717) is 0 Å². The van der Waals surface area contributed by atoms with Gasteiger partial charge in [0.15, 0.2) is 0 Å². The maximum absolute atomic E-state index is 4.94. The Morgan fingerprint density at radius 3 is 1.53 bits per heavy atom. The summed E-state index contributed by atoms with van der Waals surface area (Å²) in [5.74, 6) is 0. The molecule has 0 aliphatic rings. The zero-order valence-corrected chi connectivity index (χ0v) is 19.7. The zero-order chi connectivity index (χ0) is 23.9. The minimum absolute atomic E-state index is 1.03. The minimum atomic E-state index is 1.03. The molecule has 1 heterocycles. The Kier molecular flexibility index (Phi) is 4.85. The van der Waals surface area contributed by atoms with E-state index >= 15 is 0 Å². The van der Waals surface area contributed by atoms with Crippen LogP contribution < -0.4 is 0 Å². The van der Waals surface area contributed by atoms with Crippen LogP contribution in [0.4, 0.5) is 0 Å². The van der Waals surface area contributed by atoms with Gasteiger partial charge in [-0.15, -0.1) is 0 Å². The smallest absolute Gasteiger partial charge is 0.0792 e. The predicted molar refractivity (Wildman–Crippen MR) is 153 cm³/mol. The Bertz CT molecular complexity index is 1820.